The van der Waals surface area contributed by atoms with Crippen molar-refractivity contribution in [2.75, 3.05) is 13.1 Å². The minimum atomic E-state index is 0.140. The number of piperidine rings is 1. The predicted octanol–water partition coefficient (Wildman–Crippen LogP) is 3.60. The van der Waals surface area contributed by atoms with Gasteiger partial charge in [-0.05, 0) is 36.4 Å². The number of carbonyl (C=O) groups is 1. The molecule has 0 bridgehead atoms. The van der Waals surface area contributed by atoms with Crippen molar-refractivity contribution in [3.8, 4) is 0 Å². The van der Waals surface area contributed by atoms with E-state index in [1.807, 2.05) is 29.2 Å². The van der Waals surface area contributed by atoms with Crippen molar-refractivity contribution < 1.29 is 4.79 Å². The van der Waals surface area contributed by atoms with Gasteiger partial charge in [-0.3, -0.25) is 4.79 Å². The van der Waals surface area contributed by atoms with E-state index in [1.54, 1.807) is 23.1 Å². The lowest BCUT2D eigenvalue weighted by molar-refractivity contribution is 0.0711. The van der Waals surface area contributed by atoms with Gasteiger partial charge in [0, 0.05) is 34.7 Å². The first-order valence-corrected chi connectivity index (χ1v) is 9.39. The van der Waals surface area contributed by atoms with Crippen molar-refractivity contribution in [3.05, 3.63) is 52.2 Å². The Morgan fingerprint density at radius 3 is 2.73 bits per heavy atom. The number of nitrogens with zero attached hydrogens (tertiary/aromatic N) is 1. The second-order valence-corrected chi connectivity index (χ2v) is 7.54. The third-order valence-electron chi connectivity index (χ3n) is 3.89. The van der Waals surface area contributed by atoms with Gasteiger partial charge >= 0.3 is 0 Å². The molecule has 3 rings (SSSR count). The van der Waals surface area contributed by atoms with Gasteiger partial charge in [-0.15, -0.1) is 23.1 Å². The van der Waals surface area contributed by atoms with Crippen LogP contribution in [0.3, 0.4) is 0 Å². The van der Waals surface area contributed by atoms with Crippen LogP contribution >= 0.6 is 23.1 Å². The van der Waals surface area contributed by atoms with Gasteiger partial charge in [0.2, 0.25) is 0 Å². The van der Waals surface area contributed by atoms with Crippen molar-refractivity contribution in [2.24, 2.45) is 5.73 Å². The Labute approximate surface area is 139 Å². The molecule has 1 saturated heterocycles. The molecule has 0 saturated carbocycles. The molecule has 1 aromatic carbocycles. The average molecular weight is 332 g/mol. The first-order valence-electron chi connectivity index (χ1n) is 7.53. The molecule has 0 spiro atoms. The molecule has 3 nitrogen and oxygen atoms in total. The van der Waals surface area contributed by atoms with E-state index in [9.17, 15) is 4.79 Å². The number of nitrogens with two attached hydrogens (primary N) is 1. The highest BCUT2D eigenvalue weighted by atomic mass is 32.2. The van der Waals surface area contributed by atoms with Crippen molar-refractivity contribution in [1.29, 1.82) is 0 Å². The summed E-state index contributed by atoms with van der Waals surface area (Å²) in [6, 6.07) is 12.4. The van der Waals surface area contributed by atoms with Crippen LogP contribution in [0.5, 0.6) is 0 Å². The van der Waals surface area contributed by atoms with Crippen LogP contribution in [0, 0.1) is 0 Å². The van der Waals surface area contributed by atoms with Crippen molar-refractivity contribution in [2.45, 2.75) is 29.5 Å². The minimum Gasteiger partial charge on any atom is -0.338 e. The molecule has 0 unspecified atom stereocenters. The van der Waals surface area contributed by atoms with E-state index in [4.69, 9.17) is 5.73 Å². The smallest absolute Gasteiger partial charge is 0.254 e. The van der Waals surface area contributed by atoms with Gasteiger partial charge in [-0.1, -0.05) is 18.2 Å². The molecule has 22 heavy (non-hydrogen) atoms. The third kappa shape index (κ3) is 3.72. The molecule has 1 aliphatic rings. The number of hydrogen-bond donors (Lipinski definition) is 1. The molecule has 116 valence electrons. The van der Waals surface area contributed by atoms with Gasteiger partial charge in [0.15, 0.2) is 0 Å². The Hall–Kier alpha value is -1.30. The molecule has 1 amide bonds. The van der Waals surface area contributed by atoms with E-state index in [0.717, 1.165) is 42.1 Å². The Kier molecular flexibility index (Phi) is 5.18. The Morgan fingerprint density at radius 2 is 2.00 bits per heavy atom. The predicted molar refractivity (Wildman–Crippen MR) is 93.4 cm³/mol. The van der Waals surface area contributed by atoms with Crippen LogP contribution in [0.25, 0.3) is 0 Å². The summed E-state index contributed by atoms with van der Waals surface area (Å²) in [5.41, 5.74) is 6.75. The van der Waals surface area contributed by atoms with E-state index in [2.05, 4.69) is 17.5 Å². The number of thioether (sulfide) groups is 1. The number of hydrogen-bond acceptors (Lipinski definition) is 4. The maximum absolute atomic E-state index is 12.8. The van der Waals surface area contributed by atoms with Crippen LogP contribution in [0.15, 0.2) is 46.7 Å². The number of carbonyl (C=O) groups excluding carboxylic acids is 1. The average Bonchev–Trinajstić information content (AvgIpc) is 3.07. The van der Waals surface area contributed by atoms with Crippen molar-refractivity contribution >= 4 is 29.0 Å². The summed E-state index contributed by atoms with van der Waals surface area (Å²) >= 11 is 3.49. The van der Waals surface area contributed by atoms with Gasteiger partial charge in [0.05, 0.1) is 5.56 Å². The third-order valence-corrected chi connectivity index (χ3v) is 6.08. The number of likely N-dealkylation sites (tertiary alicyclic amines) is 1. The second-order valence-electron chi connectivity index (χ2n) is 5.49. The fraction of sp³-hybridized carbons (Fsp3) is 0.353. The lowest BCUT2D eigenvalue weighted by Crippen LogP contribution is -2.43. The zero-order chi connectivity index (χ0) is 15.4. The highest BCUT2D eigenvalue weighted by molar-refractivity contribution is 7.98. The largest absolute Gasteiger partial charge is 0.338 e. The number of thiophene rings is 1. The maximum Gasteiger partial charge on any atom is 0.254 e. The zero-order valence-electron chi connectivity index (χ0n) is 12.4. The Balaban J connectivity index is 1.71. The molecule has 5 heteroatoms. The molecule has 2 heterocycles. The lowest BCUT2D eigenvalue weighted by Gasteiger charge is -2.30. The fourth-order valence-electron chi connectivity index (χ4n) is 2.59. The summed E-state index contributed by atoms with van der Waals surface area (Å²) in [6.45, 7) is 1.54. The highest BCUT2D eigenvalue weighted by Crippen LogP contribution is 2.29. The molecule has 1 fully saturated rings. The minimum absolute atomic E-state index is 0.140. The van der Waals surface area contributed by atoms with E-state index in [0.29, 0.717) is 0 Å². The zero-order valence-corrected chi connectivity index (χ0v) is 14.0. The molecule has 2 N–H and O–H groups in total. The summed E-state index contributed by atoms with van der Waals surface area (Å²) in [7, 11) is 0. The summed E-state index contributed by atoms with van der Waals surface area (Å²) in [6.07, 6.45) is 1.80. The molecule has 1 aliphatic heterocycles. The van der Waals surface area contributed by atoms with Crippen LogP contribution in [-0.4, -0.2) is 29.9 Å². The SMILES string of the molecule is NC1CCN(C(=O)c2ccccc2SCc2cccs2)CC1. The second kappa shape index (κ2) is 7.31. The molecular weight excluding hydrogens is 312 g/mol. The normalized spacial score (nSPS) is 16.0. The van der Waals surface area contributed by atoms with Gasteiger partial charge in [0.25, 0.3) is 5.91 Å². The van der Waals surface area contributed by atoms with Gasteiger partial charge in [-0.25, -0.2) is 0 Å². The van der Waals surface area contributed by atoms with Crippen LogP contribution < -0.4 is 5.73 Å². The standard InChI is InChI=1S/C17H20N2OS2/c18-13-7-9-19(10-8-13)17(20)15-5-1-2-6-16(15)22-12-14-4-3-11-21-14/h1-6,11,13H,7-10,12,18H2. The van der Waals surface area contributed by atoms with Crippen molar-refractivity contribution in [3.63, 3.8) is 0 Å². The lowest BCUT2D eigenvalue weighted by atomic mass is 10.0. The first kappa shape index (κ1) is 15.6. The highest BCUT2D eigenvalue weighted by Gasteiger charge is 2.23. The summed E-state index contributed by atoms with van der Waals surface area (Å²) in [5, 5.41) is 2.09. The maximum atomic E-state index is 12.8. The summed E-state index contributed by atoms with van der Waals surface area (Å²) in [5.74, 6) is 1.05. The van der Waals surface area contributed by atoms with Crippen molar-refractivity contribution in [1.82, 2.24) is 4.90 Å². The van der Waals surface area contributed by atoms with E-state index in [-0.39, 0.29) is 11.9 Å². The fourth-order valence-corrected chi connectivity index (χ4v) is 4.40. The Bertz CT molecular complexity index is 619. The summed E-state index contributed by atoms with van der Waals surface area (Å²) < 4.78 is 0. The van der Waals surface area contributed by atoms with E-state index >= 15 is 0 Å². The Morgan fingerprint density at radius 1 is 1.23 bits per heavy atom. The molecule has 2 aromatic rings. The van der Waals surface area contributed by atoms with Gasteiger partial charge in [0.1, 0.15) is 0 Å². The van der Waals surface area contributed by atoms with Crippen LogP contribution in [-0.2, 0) is 5.75 Å². The topological polar surface area (TPSA) is 46.3 Å². The number of amides is 1. The molecule has 1 aromatic heterocycles. The number of rotatable bonds is 4. The van der Waals surface area contributed by atoms with E-state index < -0.39 is 0 Å². The van der Waals surface area contributed by atoms with Gasteiger partial charge in [-0.2, -0.15) is 0 Å². The summed E-state index contributed by atoms with van der Waals surface area (Å²) in [4.78, 5) is 17.1. The van der Waals surface area contributed by atoms with Gasteiger partial charge < -0.3 is 10.6 Å². The van der Waals surface area contributed by atoms with Crippen LogP contribution in [0.4, 0.5) is 0 Å². The first-order chi connectivity index (χ1) is 10.7. The van der Waals surface area contributed by atoms with Crippen LogP contribution in [0.2, 0.25) is 0 Å². The number of benzene rings is 1. The molecule has 0 radical (unpaired) electrons. The van der Waals surface area contributed by atoms with Crippen LogP contribution in [0.1, 0.15) is 28.1 Å². The van der Waals surface area contributed by atoms with E-state index in [1.165, 1.54) is 4.88 Å². The quantitative estimate of drug-likeness (QED) is 0.870. The molecule has 0 aliphatic carbocycles. The monoisotopic (exact) mass is 332 g/mol. The molecular formula is C17H20N2OS2. The molecule has 0 atom stereocenters.